The van der Waals surface area contributed by atoms with E-state index >= 15 is 0 Å². The van der Waals surface area contributed by atoms with Crippen LogP contribution in [0.25, 0.3) is 5.69 Å². The number of nitrogens with one attached hydrogen (secondary N) is 1. The second-order valence-electron chi connectivity index (χ2n) is 6.90. The Morgan fingerprint density at radius 1 is 1.22 bits per heavy atom. The summed E-state index contributed by atoms with van der Waals surface area (Å²) in [5, 5.41) is 6.51. The zero-order valence-electron chi connectivity index (χ0n) is 15.2. The Morgan fingerprint density at radius 3 is 2.44 bits per heavy atom. The van der Waals surface area contributed by atoms with Crippen LogP contribution in [0.15, 0.2) is 36.4 Å². The number of esters is 1. The van der Waals surface area contributed by atoms with Crippen LogP contribution in [0.2, 0.25) is 0 Å². The summed E-state index contributed by atoms with van der Waals surface area (Å²) in [5.74, 6) is -1.43. The molecule has 1 atom stereocenters. The number of primary amides is 1. The molecule has 2 aromatic rings. The number of ether oxygens (including phenoxy) is 1. The van der Waals surface area contributed by atoms with Crippen LogP contribution in [-0.2, 0) is 9.53 Å². The quantitative estimate of drug-likeness (QED) is 0.756. The Morgan fingerprint density at radius 2 is 1.89 bits per heavy atom. The summed E-state index contributed by atoms with van der Waals surface area (Å²) in [4.78, 5) is 35.9. The molecule has 0 unspecified atom stereocenters. The van der Waals surface area contributed by atoms with Crippen molar-refractivity contribution in [3.05, 3.63) is 47.8 Å². The molecule has 8 heteroatoms. The van der Waals surface area contributed by atoms with Gasteiger partial charge in [-0.1, -0.05) is 32.0 Å². The van der Waals surface area contributed by atoms with Crippen molar-refractivity contribution in [2.24, 2.45) is 11.7 Å². The van der Waals surface area contributed by atoms with Crippen LogP contribution in [0.1, 0.15) is 48.8 Å². The molecule has 142 valence electrons. The Hall–Kier alpha value is -3.16. The fourth-order valence-corrected chi connectivity index (χ4v) is 2.75. The molecule has 3 rings (SSSR count). The van der Waals surface area contributed by atoms with Gasteiger partial charge in [0.2, 0.25) is 0 Å². The number of benzene rings is 1. The molecule has 27 heavy (non-hydrogen) atoms. The smallest absolute Gasteiger partial charge is 0.357 e. The van der Waals surface area contributed by atoms with Gasteiger partial charge in [-0.3, -0.25) is 10.1 Å². The third kappa shape index (κ3) is 4.33. The van der Waals surface area contributed by atoms with Crippen LogP contribution >= 0.6 is 0 Å². The molecule has 1 aromatic carbocycles. The third-order valence-corrected chi connectivity index (χ3v) is 4.28. The normalized spacial score (nSPS) is 14.6. The Kier molecular flexibility index (Phi) is 5.25. The number of carbonyl (C=O) groups excluding carboxylic acids is 3. The Bertz CT molecular complexity index is 856. The second kappa shape index (κ2) is 7.61. The zero-order chi connectivity index (χ0) is 19.6. The molecule has 0 aliphatic heterocycles. The van der Waals surface area contributed by atoms with Gasteiger partial charge < -0.3 is 10.5 Å². The summed E-state index contributed by atoms with van der Waals surface area (Å²) < 4.78 is 6.94. The molecule has 3 amide bonds. The number of nitrogens with zero attached hydrogens (tertiary/aromatic N) is 2. The largest absolute Gasteiger partial charge is 0.447 e. The molecule has 1 fully saturated rings. The van der Waals surface area contributed by atoms with Gasteiger partial charge in [0.15, 0.2) is 11.8 Å². The number of hydrogen-bond donors (Lipinski definition) is 2. The average molecular weight is 370 g/mol. The lowest BCUT2D eigenvalue weighted by molar-refractivity contribution is -0.130. The average Bonchev–Trinajstić information content (AvgIpc) is 3.37. The first-order valence-corrected chi connectivity index (χ1v) is 8.83. The first-order valence-electron chi connectivity index (χ1n) is 8.83. The summed E-state index contributed by atoms with van der Waals surface area (Å²) in [6.07, 6.45) is 0.930. The van der Waals surface area contributed by atoms with E-state index in [2.05, 4.69) is 5.10 Å². The van der Waals surface area contributed by atoms with Crippen LogP contribution in [0, 0.1) is 5.92 Å². The lowest BCUT2D eigenvalue weighted by Crippen LogP contribution is -2.45. The molecule has 1 aliphatic carbocycles. The molecule has 0 bridgehead atoms. The van der Waals surface area contributed by atoms with Crippen LogP contribution in [0.4, 0.5) is 4.79 Å². The van der Waals surface area contributed by atoms with Crippen molar-refractivity contribution in [3.63, 3.8) is 0 Å². The van der Waals surface area contributed by atoms with E-state index in [4.69, 9.17) is 10.5 Å². The maximum Gasteiger partial charge on any atom is 0.357 e. The van der Waals surface area contributed by atoms with Crippen molar-refractivity contribution in [1.82, 2.24) is 15.1 Å². The number of carbonyl (C=O) groups is 3. The number of imide groups is 1. The van der Waals surface area contributed by atoms with E-state index in [0.29, 0.717) is 5.92 Å². The molecule has 8 nitrogen and oxygen atoms in total. The number of para-hydroxylation sites is 1. The van der Waals surface area contributed by atoms with Gasteiger partial charge in [0.05, 0.1) is 11.4 Å². The van der Waals surface area contributed by atoms with Crippen LogP contribution in [0.3, 0.4) is 0 Å². The first-order chi connectivity index (χ1) is 12.9. The first kappa shape index (κ1) is 18.6. The summed E-state index contributed by atoms with van der Waals surface area (Å²) >= 11 is 0. The van der Waals surface area contributed by atoms with E-state index in [1.165, 1.54) is 4.68 Å². The number of nitrogens with two attached hydrogens (primary N) is 1. The number of hydrogen-bond acceptors (Lipinski definition) is 5. The predicted molar refractivity (Wildman–Crippen MR) is 97.3 cm³/mol. The number of urea groups is 1. The fraction of sp³-hybridized carbons (Fsp3) is 0.368. The Labute approximate surface area is 156 Å². The number of amides is 3. The summed E-state index contributed by atoms with van der Waals surface area (Å²) in [6, 6.07) is 9.94. The van der Waals surface area contributed by atoms with E-state index in [9.17, 15) is 14.4 Å². The topological polar surface area (TPSA) is 116 Å². The van der Waals surface area contributed by atoms with Crippen molar-refractivity contribution < 1.29 is 19.1 Å². The predicted octanol–water partition coefficient (Wildman–Crippen LogP) is 2.13. The highest BCUT2D eigenvalue weighted by Crippen LogP contribution is 2.39. The maximum absolute atomic E-state index is 12.8. The highest BCUT2D eigenvalue weighted by atomic mass is 16.5. The van der Waals surface area contributed by atoms with E-state index in [0.717, 1.165) is 24.2 Å². The van der Waals surface area contributed by atoms with Gasteiger partial charge in [-0.15, -0.1) is 0 Å². The molecule has 0 spiro atoms. The molecule has 3 N–H and O–H groups in total. The van der Waals surface area contributed by atoms with Crippen molar-refractivity contribution in [2.45, 2.75) is 38.7 Å². The minimum atomic E-state index is -1.14. The van der Waals surface area contributed by atoms with Gasteiger partial charge in [-0.2, -0.15) is 5.10 Å². The van der Waals surface area contributed by atoms with E-state index < -0.39 is 24.0 Å². The maximum atomic E-state index is 12.8. The summed E-state index contributed by atoms with van der Waals surface area (Å²) in [6.45, 7) is 3.42. The highest BCUT2D eigenvalue weighted by Gasteiger charge is 2.32. The molecular weight excluding hydrogens is 348 g/mol. The molecule has 1 saturated carbocycles. The fourth-order valence-electron chi connectivity index (χ4n) is 2.75. The minimum absolute atomic E-state index is 0.237. The van der Waals surface area contributed by atoms with Crippen molar-refractivity contribution in [2.75, 3.05) is 0 Å². The van der Waals surface area contributed by atoms with Crippen LogP contribution in [-0.4, -0.2) is 33.8 Å². The van der Waals surface area contributed by atoms with E-state index in [1.807, 2.05) is 35.6 Å². The van der Waals surface area contributed by atoms with Gasteiger partial charge in [-0.05, 0) is 37.0 Å². The van der Waals surface area contributed by atoms with Gasteiger partial charge in [-0.25, -0.2) is 14.3 Å². The number of rotatable bonds is 6. The molecule has 1 aliphatic rings. The second-order valence-corrected chi connectivity index (χ2v) is 6.90. The molecule has 1 aromatic heterocycles. The van der Waals surface area contributed by atoms with Crippen molar-refractivity contribution in [3.8, 4) is 5.69 Å². The standard InChI is InChI=1S/C19H22N4O4/c1-11(2)16(17(24)21-19(20)26)27-18(25)15-10-14(12-8-9-12)22-23(15)13-6-4-3-5-7-13/h3-7,10-12,16H,8-9H2,1-2H3,(H3,20,21,24,26)/t16-/m1/s1. The Balaban J connectivity index is 1.89. The van der Waals surface area contributed by atoms with Gasteiger partial charge in [0, 0.05) is 5.92 Å². The van der Waals surface area contributed by atoms with E-state index in [-0.39, 0.29) is 11.6 Å². The van der Waals surface area contributed by atoms with Gasteiger partial charge in [0.25, 0.3) is 5.91 Å². The summed E-state index contributed by atoms with van der Waals surface area (Å²) in [7, 11) is 0. The van der Waals surface area contributed by atoms with Gasteiger partial charge >= 0.3 is 12.0 Å². The molecule has 0 radical (unpaired) electrons. The summed E-state index contributed by atoms with van der Waals surface area (Å²) in [5.41, 5.74) is 6.78. The lowest BCUT2D eigenvalue weighted by atomic mass is 10.1. The molecule has 0 saturated heterocycles. The lowest BCUT2D eigenvalue weighted by Gasteiger charge is -2.20. The SMILES string of the molecule is CC(C)[C@@H](OC(=O)c1cc(C2CC2)nn1-c1ccccc1)C(=O)NC(N)=O. The monoisotopic (exact) mass is 370 g/mol. The van der Waals surface area contributed by atoms with E-state index in [1.54, 1.807) is 19.9 Å². The van der Waals surface area contributed by atoms with Crippen molar-refractivity contribution in [1.29, 1.82) is 0 Å². The molecule has 1 heterocycles. The third-order valence-electron chi connectivity index (χ3n) is 4.28. The van der Waals surface area contributed by atoms with Crippen LogP contribution in [0.5, 0.6) is 0 Å². The van der Waals surface area contributed by atoms with Gasteiger partial charge in [0.1, 0.15) is 0 Å². The minimum Gasteiger partial charge on any atom is -0.447 e. The number of aromatic nitrogens is 2. The van der Waals surface area contributed by atoms with Crippen LogP contribution < -0.4 is 11.1 Å². The molecular formula is C19H22N4O4. The zero-order valence-corrected chi connectivity index (χ0v) is 15.2. The highest BCUT2D eigenvalue weighted by molar-refractivity contribution is 5.98. The van der Waals surface area contributed by atoms with Crippen molar-refractivity contribution >= 4 is 17.9 Å².